The molecule has 1 heterocycles. The summed E-state index contributed by atoms with van der Waals surface area (Å²) in [6.07, 6.45) is 0. The standard InChI is InChI=1S/C8H13NO2/c1-7(2)5(10)8(3,4)9-6(7)11/h1-4H3,(H,9,11). The molecule has 11 heavy (non-hydrogen) atoms. The van der Waals surface area contributed by atoms with Crippen LogP contribution in [-0.4, -0.2) is 17.2 Å². The van der Waals surface area contributed by atoms with Crippen molar-refractivity contribution in [1.82, 2.24) is 5.32 Å². The second-order valence-corrected chi connectivity index (χ2v) is 4.03. The van der Waals surface area contributed by atoms with Gasteiger partial charge in [-0.1, -0.05) is 0 Å². The van der Waals surface area contributed by atoms with Gasteiger partial charge in [0.05, 0.1) is 5.54 Å². The first-order valence-corrected chi connectivity index (χ1v) is 3.66. The van der Waals surface area contributed by atoms with Crippen LogP contribution in [0.4, 0.5) is 0 Å². The Bertz CT molecular complexity index is 228. The van der Waals surface area contributed by atoms with Crippen molar-refractivity contribution in [3.8, 4) is 0 Å². The van der Waals surface area contributed by atoms with E-state index in [1.807, 2.05) is 0 Å². The Morgan fingerprint density at radius 2 is 1.55 bits per heavy atom. The Morgan fingerprint density at radius 1 is 1.09 bits per heavy atom. The van der Waals surface area contributed by atoms with Gasteiger partial charge >= 0.3 is 0 Å². The number of carbonyl (C=O) groups is 2. The number of nitrogens with one attached hydrogen (secondary N) is 1. The molecule has 0 spiro atoms. The molecule has 0 aromatic rings. The molecule has 1 fully saturated rings. The SMILES string of the molecule is CC1(C)NC(=O)C(C)(C)C1=O. The van der Waals surface area contributed by atoms with Gasteiger partial charge in [0, 0.05) is 0 Å². The zero-order chi connectivity index (χ0) is 8.86. The third-order valence-corrected chi connectivity index (χ3v) is 2.13. The molecule has 1 amide bonds. The summed E-state index contributed by atoms with van der Waals surface area (Å²) >= 11 is 0. The number of rotatable bonds is 0. The Balaban J connectivity index is 3.09. The van der Waals surface area contributed by atoms with Crippen LogP contribution in [0, 0.1) is 5.41 Å². The zero-order valence-electron chi connectivity index (χ0n) is 7.32. The minimum absolute atomic E-state index is 0.0324. The van der Waals surface area contributed by atoms with Gasteiger partial charge in [-0.15, -0.1) is 0 Å². The highest BCUT2D eigenvalue weighted by molar-refractivity contribution is 6.15. The second kappa shape index (κ2) is 1.84. The van der Waals surface area contributed by atoms with Crippen LogP contribution >= 0.6 is 0 Å². The summed E-state index contributed by atoms with van der Waals surface area (Å²) in [5.41, 5.74) is -1.52. The monoisotopic (exact) mass is 155 g/mol. The Labute approximate surface area is 66.2 Å². The Hall–Kier alpha value is -0.860. The van der Waals surface area contributed by atoms with Crippen LogP contribution in [0.2, 0.25) is 0 Å². The topological polar surface area (TPSA) is 46.2 Å². The van der Waals surface area contributed by atoms with Gasteiger partial charge < -0.3 is 5.32 Å². The summed E-state index contributed by atoms with van der Waals surface area (Å²) in [6, 6.07) is 0. The van der Waals surface area contributed by atoms with Crippen molar-refractivity contribution < 1.29 is 9.59 Å². The molecule has 0 atom stereocenters. The van der Waals surface area contributed by atoms with Crippen molar-refractivity contribution in [2.75, 3.05) is 0 Å². The van der Waals surface area contributed by atoms with Gasteiger partial charge in [-0.05, 0) is 27.7 Å². The van der Waals surface area contributed by atoms with Crippen molar-refractivity contribution in [3.63, 3.8) is 0 Å². The summed E-state index contributed by atoms with van der Waals surface area (Å²) < 4.78 is 0. The first-order valence-electron chi connectivity index (χ1n) is 3.66. The quantitative estimate of drug-likeness (QED) is 0.517. The predicted octanol–water partition coefficient (Wildman–Crippen LogP) is 0.490. The molecule has 1 aliphatic heterocycles. The molecule has 0 radical (unpaired) electrons. The lowest BCUT2D eigenvalue weighted by molar-refractivity contribution is -0.133. The molecular formula is C8H13NO2. The highest BCUT2D eigenvalue weighted by Crippen LogP contribution is 2.30. The number of hydrogen-bond acceptors (Lipinski definition) is 2. The molecule has 0 bridgehead atoms. The van der Waals surface area contributed by atoms with E-state index in [0.717, 1.165) is 0 Å². The van der Waals surface area contributed by atoms with E-state index in [1.165, 1.54) is 0 Å². The molecule has 1 N–H and O–H groups in total. The van der Waals surface area contributed by atoms with Crippen LogP contribution < -0.4 is 5.32 Å². The molecule has 62 valence electrons. The van der Waals surface area contributed by atoms with Gasteiger partial charge in [-0.25, -0.2) is 0 Å². The van der Waals surface area contributed by atoms with Gasteiger partial charge in [0.2, 0.25) is 5.91 Å². The van der Waals surface area contributed by atoms with Gasteiger partial charge in [0.1, 0.15) is 5.41 Å². The highest BCUT2D eigenvalue weighted by atomic mass is 16.2. The van der Waals surface area contributed by atoms with E-state index in [-0.39, 0.29) is 11.7 Å². The summed E-state index contributed by atoms with van der Waals surface area (Å²) in [6.45, 7) is 6.75. The van der Waals surface area contributed by atoms with E-state index in [4.69, 9.17) is 0 Å². The molecule has 1 aliphatic rings. The minimum Gasteiger partial charge on any atom is -0.343 e. The van der Waals surface area contributed by atoms with Crippen molar-refractivity contribution in [1.29, 1.82) is 0 Å². The van der Waals surface area contributed by atoms with E-state index >= 15 is 0 Å². The number of carbonyl (C=O) groups excluding carboxylic acids is 2. The zero-order valence-corrected chi connectivity index (χ0v) is 7.32. The minimum atomic E-state index is -0.844. The van der Waals surface area contributed by atoms with E-state index in [0.29, 0.717) is 0 Å². The molecule has 3 heteroatoms. The molecule has 1 rings (SSSR count). The van der Waals surface area contributed by atoms with Crippen LogP contribution in [0.1, 0.15) is 27.7 Å². The lowest BCUT2D eigenvalue weighted by atomic mass is 9.84. The average Bonchev–Trinajstić information content (AvgIpc) is 1.94. The number of Topliss-reactive ketones (excluding diaryl/α,β-unsaturated/α-hetero) is 1. The molecule has 0 aromatic heterocycles. The fraction of sp³-hybridized carbons (Fsp3) is 0.750. The molecular weight excluding hydrogens is 142 g/mol. The first-order chi connectivity index (χ1) is 4.78. The maximum Gasteiger partial charge on any atom is 0.234 e. The van der Waals surface area contributed by atoms with Crippen LogP contribution in [-0.2, 0) is 9.59 Å². The van der Waals surface area contributed by atoms with E-state index < -0.39 is 11.0 Å². The normalized spacial score (nSPS) is 26.9. The fourth-order valence-corrected chi connectivity index (χ4v) is 1.38. The fourth-order valence-electron chi connectivity index (χ4n) is 1.38. The third-order valence-electron chi connectivity index (χ3n) is 2.13. The predicted molar refractivity (Wildman–Crippen MR) is 41.0 cm³/mol. The molecule has 0 aromatic carbocycles. The molecule has 0 aliphatic carbocycles. The maximum absolute atomic E-state index is 11.5. The molecule has 3 nitrogen and oxygen atoms in total. The Morgan fingerprint density at radius 3 is 1.64 bits per heavy atom. The lowest BCUT2D eigenvalue weighted by Gasteiger charge is -2.16. The summed E-state index contributed by atoms with van der Waals surface area (Å²) in [5.74, 6) is -0.206. The number of amides is 1. The average molecular weight is 155 g/mol. The maximum atomic E-state index is 11.5. The lowest BCUT2D eigenvalue weighted by Crippen LogP contribution is -2.40. The van der Waals surface area contributed by atoms with Crippen molar-refractivity contribution >= 4 is 11.7 Å². The molecule has 1 saturated heterocycles. The van der Waals surface area contributed by atoms with Gasteiger partial charge in [0.25, 0.3) is 0 Å². The summed E-state index contributed by atoms with van der Waals surface area (Å²) in [5, 5.41) is 2.64. The van der Waals surface area contributed by atoms with E-state index in [1.54, 1.807) is 27.7 Å². The van der Waals surface area contributed by atoms with Crippen molar-refractivity contribution in [2.24, 2.45) is 5.41 Å². The van der Waals surface area contributed by atoms with Gasteiger partial charge in [-0.3, -0.25) is 9.59 Å². The number of ketones is 1. The Kier molecular flexibility index (Phi) is 1.38. The first kappa shape index (κ1) is 8.24. The molecule has 0 unspecified atom stereocenters. The third kappa shape index (κ3) is 0.951. The van der Waals surface area contributed by atoms with Crippen LogP contribution in [0.15, 0.2) is 0 Å². The van der Waals surface area contributed by atoms with Gasteiger partial charge in [-0.2, -0.15) is 0 Å². The van der Waals surface area contributed by atoms with Crippen LogP contribution in [0.25, 0.3) is 0 Å². The van der Waals surface area contributed by atoms with Crippen molar-refractivity contribution in [2.45, 2.75) is 33.2 Å². The van der Waals surface area contributed by atoms with Crippen LogP contribution in [0.3, 0.4) is 0 Å². The number of hydrogen-bond donors (Lipinski definition) is 1. The smallest absolute Gasteiger partial charge is 0.234 e. The van der Waals surface area contributed by atoms with Gasteiger partial charge in [0.15, 0.2) is 5.78 Å². The molecule has 0 saturated carbocycles. The van der Waals surface area contributed by atoms with Crippen LogP contribution in [0.5, 0.6) is 0 Å². The second-order valence-electron chi connectivity index (χ2n) is 4.03. The summed E-state index contributed by atoms with van der Waals surface area (Å²) in [4.78, 5) is 22.7. The largest absolute Gasteiger partial charge is 0.343 e. The summed E-state index contributed by atoms with van der Waals surface area (Å²) in [7, 11) is 0. The van der Waals surface area contributed by atoms with E-state index in [2.05, 4.69) is 5.32 Å². The van der Waals surface area contributed by atoms with Crippen molar-refractivity contribution in [3.05, 3.63) is 0 Å². The van der Waals surface area contributed by atoms with E-state index in [9.17, 15) is 9.59 Å². The highest BCUT2D eigenvalue weighted by Gasteiger charge is 2.52.